The molecule has 0 amide bonds. The van der Waals surface area contributed by atoms with E-state index in [2.05, 4.69) is 5.32 Å². The molecule has 5 heteroatoms. The van der Waals surface area contributed by atoms with Crippen LogP contribution < -0.4 is 5.32 Å². The van der Waals surface area contributed by atoms with E-state index in [1.807, 2.05) is 0 Å². The van der Waals surface area contributed by atoms with Crippen molar-refractivity contribution in [2.24, 2.45) is 0 Å². The minimum absolute atomic E-state index is 0.150. The molecule has 16 heavy (non-hydrogen) atoms. The molecule has 1 heterocycles. The Morgan fingerprint density at radius 2 is 2.12 bits per heavy atom. The summed E-state index contributed by atoms with van der Waals surface area (Å²) in [5.74, 6) is 0. The van der Waals surface area contributed by atoms with Crippen LogP contribution in [0.25, 0.3) is 0 Å². The molecule has 0 fully saturated rings. The van der Waals surface area contributed by atoms with E-state index in [-0.39, 0.29) is 11.5 Å². The van der Waals surface area contributed by atoms with Crippen molar-refractivity contribution in [2.75, 3.05) is 11.9 Å². The lowest BCUT2D eigenvalue weighted by atomic mass is 10.1. The number of anilines is 1. The third-order valence-electron chi connectivity index (χ3n) is 2.95. The molecular formula is C11H15NO3S. The lowest BCUT2D eigenvalue weighted by Gasteiger charge is -2.32. The van der Waals surface area contributed by atoms with Gasteiger partial charge >= 0.3 is 0 Å². The third-order valence-corrected chi connectivity index (χ3v) is 5.47. The average molecular weight is 241 g/mol. The number of aliphatic hydroxyl groups is 1. The minimum atomic E-state index is -3.33. The summed E-state index contributed by atoms with van der Waals surface area (Å²) in [6.45, 7) is 3.65. The summed E-state index contributed by atoms with van der Waals surface area (Å²) < 4.78 is 23.7. The Bertz CT molecular complexity index is 520. The Kier molecular flexibility index (Phi) is 2.47. The molecule has 1 aromatic rings. The summed E-state index contributed by atoms with van der Waals surface area (Å²) in [6, 6.07) is 4.96. The lowest BCUT2D eigenvalue weighted by molar-refractivity contribution is 0.281. The van der Waals surface area contributed by atoms with Crippen LogP contribution >= 0.6 is 0 Å². The summed E-state index contributed by atoms with van der Waals surface area (Å²) in [7, 11) is -3.33. The van der Waals surface area contributed by atoms with Gasteiger partial charge in [0, 0.05) is 6.54 Å². The molecule has 0 saturated carbocycles. The van der Waals surface area contributed by atoms with E-state index in [1.165, 1.54) is 0 Å². The van der Waals surface area contributed by atoms with Gasteiger partial charge in [0.2, 0.25) is 0 Å². The van der Waals surface area contributed by atoms with Crippen LogP contribution in [0.2, 0.25) is 0 Å². The first-order valence-electron chi connectivity index (χ1n) is 5.11. The van der Waals surface area contributed by atoms with Gasteiger partial charge in [-0.05, 0) is 31.5 Å². The highest BCUT2D eigenvalue weighted by atomic mass is 32.2. The maximum Gasteiger partial charge on any atom is 0.187 e. The summed E-state index contributed by atoms with van der Waals surface area (Å²) in [5.41, 5.74) is 1.23. The highest BCUT2D eigenvalue weighted by Crippen LogP contribution is 2.35. The van der Waals surface area contributed by atoms with Gasteiger partial charge in [-0.3, -0.25) is 0 Å². The normalized spacial score (nSPS) is 20.9. The second kappa shape index (κ2) is 3.46. The Morgan fingerprint density at radius 1 is 1.44 bits per heavy atom. The van der Waals surface area contributed by atoms with Crippen molar-refractivity contribution in [3.63, 3.8) is 0 Å². The zero-order valence-electron chi connectivity index (χ0n) is 9.32. The number of hydrogen-bond acceptors (Lipinski definition) is 4. The predicted molar refractivity (Wildman–Crippen MR) is 62.1 cm³/mol. The molecule has 2 N–H and O–H groups in total. The van der Waals surface area contributed by atoms with Crippen molar-refractivity contribution in [1.29, 1.82) is 0 Å². The Balaban J connectivity index is 2.66. The molecule has 88 valence electrons. The quantitative estimate of drug-likeness (QED) is 0.774. The van der Waals surface area contributed by atoms with Crippen LogP contribution in [-0.4, -0.2) is 24.8 Å². The number of hydrogen-bond donors (Lipinski definition) is 2. The number of sulfone groups is 1. The zero-order valence-corrected chi connectivity index (χ0v) is 10.1. The van der Waals surface area contributed by atoms with E-state index in [0.29, 0.717) is 17.8 Å². The molecule has 4 nitrogen and oxygen atoms in total. The second-order valence-corrected chi connectivity index (χ2v) is 7.16. The lowest BCUT2D eigenvalue weighted by Crippen LogP contribution is -2.43. The van der Waals surface area contributed by atoms with E-state index in [1.54, 1.807) is 32.0 Å². The Morgan fingerprint density at radius 3 is 2.75 bits per heavy atom. The molecule has 0 unspecified atom stereocenters. The van der Waals surface area contributed by atoms with E-state index in [0.717, 1.165) is 0 Å². The van der Waals surface area contributed by atoms with Crippen molar-refractivity contribution >= 4 is 15.5 Å². The molecule has 1 aliphatic heterocycles. The first-order chi connectivity index (χ1) is 7.38. The molecule has 0 atom stereocenters. The van der Waals surface area contributed by atoms with E-state index < -0.39 is 14.6 Å². The molecule has 0 saturated heterocycles. The van der Waals surface area contributed by atoms with Crippen LogP contribution in [0.3, 0.4) is 0 Å². The predicted octanol–water partition coefficient (Wildman–Crippen LogP) is 1.16. The molecule has 1 aliphatic rings. The van der Waals surface area contributed by atoms with Crippen LogP contribution in [-0.2, 0) is 16.4 Å². The first kappa shape index (κ1) is 11.4. The van der Waals surface area contributed by atoms with Gasteiger partial charge in [-0.25, -0.2) is 8.42 Å². The zero-order chi connectivity index (χ0) is 12.0. The van der Waals surface area contributed by atoms with E-state index in [9.17, 15) is 8.42 Å². The SMILES string of the molecule is CC1(C)CNc2ccc(CO)cc2S1(=O)=O. The maximum absolute atomic E-state index is 12.3. The van der Waals surface area contributed by atoms with Gasteiger partial charge in [-0.1, -0.05) is 6.07 Å². The van der Waals surface area contributed by atoms with Crippen LogP contribution in [0.4, 0.5) is 5.69 Å². The summed E-state index contributed by atoms with van der Waals surface area (Å²) in [6.07, 6.45) is 0. The van der Waals surface area contributed by atoms with Crippen molar-refractivity contribution in [3.05, 3.63) is 23.8 Å². The van der Waals surface area contributed by atoms with Crippen LogP contribution in [0.5, 0.6) is 0 Å². The fourth-order valence-electron chi connectivity index (χ4n) is 1.73. The number of aliphatic hydroxyl groups excluding tert-OH is 1. The maximum atomic E-state index is 12.3. The van der Waals surface area contributed by atoms with Gasteiger partial charge in [-0.2, -0.15) is 0 Å². The van der Waals surface area contributed by atoms with Gasteiger partial charge in [0.15, 0.2) is 9.84 Å². The monoisotopic (exact) mass is 241 g/mol. The van der Waals surface area contributed by atoms with Gasteiger partial charge < -0.3 is 10.4 Å². The first-order valence-corrected chi connectivity index (χ1v) is 6.59. The van der Waals surface area contributed by atoms with Crippen molar-refractivity contribution in [3.8, 4) is 0 Å². The molecule has 0 spiro atoms. The summed E-state index contributed by atoms with van der Waals surface area (Å²) in [4.78, 5) is 0.287. The molecule has 0 aromatic heterocycles. The molecule has 0 aliphatic carbocycles. The number of rotatable bonds is 1. The van der Waals surface area contributed by atoms with Crippen molar-refractivity contribution in [1.82, 2.24) is 0 Å². The van der Waals surface area contributed by atoms with E-state index >= 15 is 0 Å². The second-order valence-electron chi connectivity index (χ2n) is 4.61. The fourth-order valence-corrected chi connectivity index (χ4v) is 3.33. The van der Waals surface area contributed by atoms with Gasteiger partial charge in [0.25, 0.3) is 0 Å². The van der Waals surface area contributed by atoms with E-state index in [4.69, 9.17) is 5.11 Å². The highest BCUT2D eigenvalue weighted by Gasteiger charge is 2.40. The summed E-state index contributed by atoms with van der Waals surface area (Å²) in [5, 5.41) is 12.1. The largest absolute Gasteiger partial charge is 0.392 e. The molecule has 0 radical (unpaired) electrons. The average Bonchev–Trinajstić information content (AvgIpc) is 2.24. The van der Waals surface area contributed by atoms with Crippen LogP contribution in [0.1, 0.15) is 19.4 Å². The van der Waals surface area contributed by atoms with Crippen LogP contribution in [0, 0.1) is 0 Å². The fraction of sp³-hybridized carbons (Fsp3) is 0.455. The minimum Gasteiger partial charge on any atom is -0.392 e. The molecule has 1 aromatic carbocycles. The molecule has 2 rings (SSSR count). The standard InChI is InChI=1S/C11H15NO3S/c1-11(2)7-12-9-4-3-8(6-13)5-10(9)16(11,14)15/h3-5,12-13H,6-7H2,1-2H3. The molecule has 0 bridgehead atoms. The topological polar surface area (TPSA) is 66.4 Å². The summed E-state index contributed by atoms with van der Waals surface area (Å²) >= 11 is 0. The van der Waals surface area contributed by atoms with Gasteiger partial charge in [0.1, 0.15) is 0 Å². The van der Waals surface area contributed by atoms with Crippen molar-refractivity contribution in [2.45, 2.75) is 30.1 Å². The Hall–Kier alpha value is -1.07. The smallest absolute Gasteiger partial charge is 0.187 e. The van der Waals surface area contributed by atoms with Gasteiger partial charge in [-0.15, -0.1) is 0 Å². The number of nitrogens with one attached hydrogen (secondary N) is 1. The third kappa shape index (κ3) is 1.51. The van der Waals surface area contributed by atoms with Crippen LogP contribution in [0.15, 0.2) is 23.1 Å². The number of fused-ring (bicyclic) bond motifs is 1. The van der Waals surface area contributed by atoms with Crippen molar-refractivity contribution < 1.29 is 13.5 Å². The Labute approximate surface area is 95.2 Å². The molecular weight excluding hydrogens is 226 g/mol. The van der Waals surface area contributed by atoms with Gasteiger partial charge in [0.05, 0.1) is 21.9 Å². The highest BCUT2D eigenvalue weighted by molar-refractivity contribution is 7.93. The number of benzene rings is 1.